The number of nitrogens with one attached hydrogen (secondary N) is 1. The average Bonchev–Trinajstić information content (AvgIpc) is 2.63. The van der Waals surface area contributed by atoms with Crippen LogP contribution in [-0.4, -0.2) is 21.5 Å². The second-order valence-electron chi connectivity index (χ2n) is 5.17. The van der Waals surface area contributed by atoms with Gasteiger partial charge in [0.15, 0.2) is 5.78 Å². The molecule has 0 saturated carbocycles. The van der Waals surface area contributed by atoms with Crippen LogP contribution in [0.15, 0.2) is 24.3 Å². The first-order valence-electron chi connectivity index (χ1n) is 6.80. The average molecular weight is 285 g/mol. The number of aryl methyl sites for hydroxylation is 1. The van der Waals surface area contributed by atoms with Crippen molar-refractivity contribution in [3.63, 3.8) is 0 Å². The lowest BCUT2D eigenvalue weighted by Gasteiger charge is -2.07. The minimum atomic E-state index is -0.104. The Labute approximate surface area is 124 Å². The minimum absolute atomic E-state index is 0.0687. The summed E-state index contributed by atoms with van der Waals surface area (Å²) in [6.07, 6.45) is 0. The van der Waals surface area contributed by atoms with Crippen LogP contribution in [0.25, 0.3) is 11.1 Å². The third-order valence-corrected chi connectivity index (χ3v) is 3.23. The van der Waals surface area contributed by atoms with Crippen LogP contribution < -0.4 is 5.32 Å². The van der Waals surface area contributed by atoms with E-state index in [0.29, 0.717) is 0 Å². The number of nitrogens with zero attached hydrogens (tertiary/aromatic N) is 2. The molecule has 0 fully saturated rings. The van der Waals surface area contributed by atoms with Gasteiger partial charge in [-0.3, -0.25) is 14.3 Å². The van der Waals surface area contributed by atoms with Crippen LogP contribution in [0, 0.1) is 13.8 Å². The first kappa shape index (κ1) is 15.0. The van der Waals surface area contributed by atoms with Crippen LogP contribution in [0.3, 0.4) is 0 Å². The molecule has 0 aliphatic heterocycles. The van der Waals surface area contributed by atoms with Gasteiger partial charge < -0.3 is 5.32 Å². The van der Waals surface area contributed by atoms with E-state index in [1.807, 2.05) is 38.1 Å². The number of hydrogen-bond acceptors (Lipinski definition) is 3. The van der Waals surface area contributed by atoms with Crippen molar-refractivity contribution in [2.75, 3.05) is 5.32 Å². The Morgan fingerprint density at radius 1 is 1.24 bits per heavy atom. The van der Waals surface area contributed by atoms with Crippen molar-refractivity contribution in [1.82, 2.24) is 9.78 Å². The number of aromatic nitrogens is 2. The number of ketones is 1. The minimum Gasteiger partial charge on any atom is -0.326 e. The largest absolute Gasteiger partial charge is 0.326 e. The summed E-state index contributed by atoms with van der Waals surface area (Å²) in [5.41, 5.74) is 4.55. The van der Waals surface area contributed by atoms with Crippen LogP contribution in [0.2, 0.25) is 0 Å². The van der Waals surface area contributed by atoms with E-state index in [4.69, 9.17) is 0 Å². The van der Waals surface area contributed by atoms with Gasteiger partial charge in [-0.05, 0) is 38.5 Å². The van der Waals surface area contributed by atoms with Crippen molar-refractivity contribution in [3.8, 4) is 11.1 Å². The Balaban J connectivity index is 2.44. The highest BCUT2D eigenvalue weighted by Gasteiger charge is 2.14. The fraction of sp³-hybridized carbons (Fsp3) is 0.312. The summed E-state index contributed by atoms with van der Waals surface area (Å²) in [5.74, 6) is -0.0352. The quantitative estimate of drug-likeness (QED) is 0.939. The summed E-state index contributed by atoms with van der Waals surface area (Å²) in [7, 11) is 0. The number of anilines is 1. The van der Waals surface area contributed by atoms with Crippen LogP contribution in [-0.2, 0) is 16.1 Å². The van der Waals surface area contributed by atoms with Gasteiger partial charge in [-0.2, -0.15) is 5.10 Å². The van der Waals surface area contributed by atoms with Crippen LogP contribution in [0.5, 0.6) is 0 Å². The number of rotatable bonds is 4. The van der Waals surface area contributed by atoms with E-state index < -0.39 is 0 Å². The lowest BCUT2D eigenvalue weighted by Crippen LogP contribution is -2.09. The molecule has 0 spiro atoms. The molecule has 0 bridgehead atoms. The van der Waals surface area contributed by atoms with E-state index in [1.54, 1.807) is 11.6 Å². The molecule has 2 rings (SSSR count). The molecule has 0 atom stereocenters. The lowest BCUT2D eigenvalue weighted by atomic mass is 10.0. The highest BCUT2D eigenvalue weighted by molar-refractivity contribution is 5.89. The molecule has 0 radical (unpaired) electrons. The normalized spacial score (nSPS) is 10.5. The molecule has 0 saturated heterocycles. The number of Topliss-reactive ketones (excluding diaryl/α,β-unsaturated/α-hetero) is 1. The standard InChI is InChI=1S/C16H19N3O2/c1-10(20)9-19-12(3)16(11(2)18-19)14-6-5-7-15(8-14)17-13(4)21/h5-8H,9H2,1-4H3,(H,17,21). The molecule has 0 unspecified atom stereocenters. The van der Waals surface area contributed by atoms with Crippen LogP contribution in [0.1, 0.15) is 25.2 Å². The lowest BCUT2D eigenvalue weighted by molar-refractivity contribution is -0.117. The maximum Gasteiger partial charge on any atom is 0.221 e. The van der Waals surface area contributed by atoms with Crippen molar-refractivity contribution < 1.29 is 9.59 Å². The molecule has 1 N–H and O–H groups in total. The summed E-state index contributed by atoms with van der Waals surface area (Å²) in [6, 6.07) is 7.62. The SMILES string of the molecule is CC(=O)Cn1nc(C)c(-c2cccc(NC(C)=O)c2)c1C. The first-order valence-corrected chi connectivity index (χ1v) is 6.80. The van der Waals surface area contributed by atoms with Crippen molar-refractivity contribution in [2.45, 2.75) is 34.2 Å². The fourth-order valence-electron chi connectivity index (χ4n) is 2.44. The molecule has 1 aromatic carbocycles. The zero-order valence-electron chi connectivity index (χ0n) is 12.7. The Morgan fingerprint density at radius 3 is 2.57 bits per heavy atom. The van der Waals surface area contributed by atoms with Crippen molar-refractivity contribution in [2.24, 2.45) is 0 Å². The molecule has 0 aliphatic carbocycles. The smallest absolute Gasteiger partial charge is 0.221 e. The van der Waals surface area contributed by atoms with E-state index in [-0.39, 0.29) is 18.2 Å². The van der Waals surface area contributed by atoms with Gasteiger partial charge in [0.25, 0.3) is 0 Å². The Kier molecular flexibility index (Phi) is 4.21. The molecule has 1 heterocycles. The molecule has 110 valence electrons. The molecule has 21 heavy (non-hydrogen) atoms. The van der Waals surface area contributed by atoms with Crippen LogP contribution >= 0.6 is 0 Å². The van der Waals surface area contributed by atoms with E-state index in [0.717, 1.165) is 28.2 Å². The van der Waals surface area contributed by atoms with Gasteiger partial charge in [0.2, 0.25) is 5.91 Å². The zero-order chi connectivity index (χ0) is 15.6. The molecular formula is C16H19N3O2. The van der Waals surface area contributed by atoms with Crippen molar-refractivity contribution in [1.29, 1.82) is 0 Å². The van der Waals surface area contributed by atoms with Gasteiger partial charge in [0, 0.05) is 23.9 Å². The van der Waals surface area contributed by atoms with E-state index in [2.05, 4.69) is 10.4 Å². The number of amides is 1. The third-order valence-electron chi connectivity index (χ3n) is 3.23. The summed E-state index contributed by atoms with van der Waals surface area (Å²) >= 11 is 0. The number of carbonyl (C=O) groups is 2. The van der Waals surface area contributed by atoms with Gasteiger partial charge in [-0.1, -0.05) is 12.1 Å². The molecule has 5 heteroatoms. The predicted octanol–water partition coefficient (Wildman–Crippen LogP) is 2.71. The van der Waals surface area contributed by atoms with Crippen molar-refractivity contribution >= 4 is 17.4 Å². The number of carbonyl (C=O) groups excluding carboxylic acids is 2. The second-order valence-corrected chi connectivity index (χ2v) is 5.17. The summed E-state index contributed by atoms with van der Waals surface area (Å²) in [5, 5.41) is 7.20. The molecule has 0 aliphatic rings. The third kappa shape index (κ3) is 3.37. The monoisotopic (exact) mass is 285 g/mol. The second kappa shape index (κ2) is 5.91. The predicted molar refractivity (Wildman–Crippen MR) is 82.1 cm³/mol. The summed E-state index contributed by atoms with van der Waals surface area (Å²) < 4.78 is 1.72. The Morgan fingerprint density at radius 2 is 1.95 bits per heavy atom. The Bertz CT molecular complexity index is 702. The molecular weight excluding hydrogens is 266 g/mol. The molecule has 1 aromatic heterocycles. The van der Waals surface area contributed by atoms with Gasteiger partial charge in [0.05, 0.1) is 12.2 Å². The van der Waals surface area contributed by atoms with E-state index in [1.165, 1.54) is 6.92 Å². The van der Waals surface area contributed by atoms with Crippen molar-refractivity contribution in [3.05, 3.63) is 35.7 Å². The van der Waals surface area contributed by atoms with E-state index in [9.17, 15) is 9.59 Å². The molecule has 5 nitrogen and oxygen atoms in total. The van der Waals surface area contributed by atoms with Gasteiger partial charge in [-0.25, -0.2) is 0 Å². The highest BCUT2D eigenvalue weighted by Crippen LogP contribution is 2.28. The molecule has 1 amide bonds. The summed E-state index contributed by atoms with van der Waals surface area (Å²) in [4.78, 5) is 22.4. The number of benzene rings is 1. The van der Waals surface area contributed by atoms with E-state index >= 15 is 0 Å². The first-order chi connectivity index (χ1) is 9.88. The van der Waals surface area contributed by atoms with Gasteiger partial charge in [-0.15, -0.1) is 0 Å². The molecule has 2 aromatic rings. The number of hydrogen-bond donors (Lipinski definition) is 1. The fourth-order valence-corrected chi connectivity index (χ4v) is 2.44. The van der Waals surface area contributed by atoms with Crippen LogP contribution in [0.4, 0.5) is 5.69 Å². The Hall–Kier alpha value is -2.43. The maximum absolute atomic E-state index is 11.3. The topological polar surface area (TPSA) is 64.0 Å². The maximum atomic E-state index is 11.3. The highest BCUT2D eigenvalue weighted by atomic mass is 16.1. The summed E-state index contributed by atoms with van der Waals surface area (Å²) in [6.45, 7) is 7.17. The zero-order valence-corrected chi connectivity index (χ0v) is 12.7. The van der Waals surface area contributed by atoms with Gasteiger partial charge >= 0.3 is 0 Å². The van der Waals surface area contributed by atoms with Gasteiger partial charge in [0.1, 0.15) is 0 Å².